The smallest absolute Gasteiger partial charge is 0.141 e. The number of ether oxygens (including phenoxy) is 1. The Morgan fingerprint density at radius 2 is 2.05 bits per heavy atom. The summed E-state index contributed by atoms with van der Waals surface area (Å²) < 4.78 is 5.33. The van der Waals surface area contributed by atoms with Crippen LogP contribution in [0, 0.1) is 0 Å². The molecule has 5 nitrogen and oxygen atoms in total. The zero-order chi connectivity index (χ0) is 14.5. The summed E-state index contributed by atoms with van der Waals surface area (Å²) >= 11 is 0. The van der Waals surface area contributed by atoms with Gasteiger partial charge in [-0.15, -0.1) is 0 Å². The highest BCUT2D eigenvalue weighted by atomic mass is 16.5. The number of rotatable bonds is 5. The molecule has 0 aliphatic carbocycles. The zero-order valence-corrected chi connectivity index (χ0v) is 11.7. The highest BCUT2D eigenvalue weighted by Gasteiger charge is 2.08. The van der Waals surface area contributed by atoms with E-state index >= 15 is 0 Å². The number of methoxy groups -OCH3 is 1. The normalized spacial score (nSPS) is 10.3. The molecule has 0 aliphatic rings. The van der Waals surface area contributed by atoms with Crippen LogP contribution in [0.15, 0.2) is 55.0 Å². The SMILES string of the molecule is COc1ccccc1NCc1cn[nH]c1-c1cccnc1. The molecule has 0 amide bonds. The molecule has 5 heteroatoms. The molecule has 0 spiro atoms. The first-order chi connectivity index (χ1) is 10.4. The number of hydrogen-bond acceptors (Lipinski definition) is 4. The maximum absolute atomic E-state index is 5.33. The standard InChI is InChI=1S/C16H16N4O/c1-21-15-7-3-2-6-14(15)18-10-13-11-19-20-16(13)12-5-4-8-17-9-12/h2-9,11,18H,10H2,1H3,(H,19,20). The van der Waals surface area contributed by atoms with Gasteiger partial charge >= 0.3 is 0 Å². The molecular weight excluding hydrogens is 264 g/mol. The van der Waals surface area contributed by atoms with Crippen molar-refractivity contribution < 1.29 is 4.74 Å². The lowest BCUT2D eigenvalue weighted by Crippen LogP contribution is -2.01. The molecule has 21 heavy (non-hydrogen) atoms. The quantitative estimate of drug-likeness (QED) is 0.754. The summed E-state index contributed by atoms with van der Waals surface area (Å²) in [4.78, 5) is 4.14. The molecule has 0 unspecified atom stereocenters. The van der Waals surface area contributed by atoms with E-state index in [9.17, 15) is 0 Å². The molecule has 3 aromatic rings. The van der Waals surface area contributed by atoms with Crippen molar-refractivity contribution >= 4 is 5.69 Å². The molecule has 2 aromatic heterocycles. The number of anilines is 1. The van der Waals surface area contributed by atoms with E-state index in [1.54, 1.807) is 13.3 Å². The van der Waals surface area contributed by atoms with Crippen LogP contribution in [0.1, 0.15) is 5.56 Å². The Bertz CT molecular complexity index is 709. The van der Waals surface area contributed by atoms with Crippen LogP contribution in [-0.4, -0.2) is 22.3 Å². The summed E-state index contributed by atoms with van der Waals surface area (Å²) in [7, 11) is 1.67. The van der Waals surface area contributed by atoms with Crippen LogP contribution in [0.5, 0.6) is 5.75 Å². The number of aromatic nitrogens is 3. The molecule has 0 bridgehead atoms. The third kappa shape index (κ3) is 2.86. The van der Waals surface area contributed by atoms with Gasteiger partial charge in [-0.2, -0.15) is 5.10 Å². The van der Waals surface area contributed by atoms with Gasteiger partial charge in [-0.3, -0.25) is 10.1 Å². The van der Waals surface area contributed by atoms with E-state index in [-0.39, 0.29) is 0 Å². The van der Waals surface area contributed by atoms with Crippen LogP contribution in [0.4, 0.5) is 5.69 Å². The number of aromatic amines is 1. The fourth-order valence-electron chi connectivity index (χ4n) is 2.19. The van der Waals surface area contributed by atoms with Gasteiger partial charge in [0.2, 0.25) is 0 Å². The van der Waals surface area contributed by atoms with Crippen LogP contribution in [0.2, 0.25) is 0 Å². The van der Waals surface area contributed by atoms with Gasteiger partial charge in [-0.05, 0) is 24.3 Å². The summed E-state index contributed by atoms with van der Waals surface area (Å²) in [5.41, 5.74) is 4.03. The summed E-state index contributed by atoms with van der Waals surface area (Å²) in [6.45, 7) is 0.654. The van der Waals surface area contributed by atoms with Gasteiger partial charge in [0.15, 0.2) is 0 Å². The predicted octanol–water partition coefficient (Wildman–Crippen LogP) is 3.09. The minimum atomic E-state index is 0.654. The van der Waals surface area contributed by atoms with Crippen LogP contribution in [-0.2, 0) is 6.54 Å². The van der Waals surface area contributed by atoms with Gasteiger partial charge in [0.25, 0.3) is 0 Å². The lowest BCUT2D eigenvalue weighted by atomic mass is 10.1. The van der Waals surface area contributed by atoms with Crippen molar-refractivity contribution in [2.75, 3.05) is 12.4 Å². The molecule has 0 radical (unpaired) electrons. The Morgan fingerprint density at radius 1 is 1.14 bits per heavy atom. The van der Waals surface area contributed by atoms with Gasteiger partial charge in [0.1, 0.15) is 5.75 Å². The number of nitrogens with one attached hydrogen (secondary N) is 2. The minimum absolute atomic E-state index is 0.654. The van der Waals surface area contributed by atoms with Crippen molar-refractivity contribution in [1.82, 2.24) is 15.2 Å². The lowest BCUT2D eigenvalue weighted by Gasteiger charge is -2.10. The van der Waals surface area contributed by atoms with Crippen LogP contribution >= 0.6 is 0 Å². The first kappa shape index (κ1) is 13.2. The summed E-state index contributed by atoms with van der Waals surface area (Å²) in [5, 5.41) is 10.5. The van der Waals surface area contributed by atoms with Crippen molar-refractivity contribution in [3.05, 3.63) is 60.6 Å². The molecular formula is C16H16N4O. The predicted molar refractivity (Wildman–Crippen MR) is 82.1 cm³/mol. The number of nitrogens with zero attached hydrogens (tertiary/aromatic N) is 2. The summed E-state index contributed by atoms with van der Waals surface area (Å²) in [5.74, 6) is 0.823. The Hall–Kier alpha value is -2.82. The molecule has 0 saturated heterocycles. The molecule has 106 valence electrons. The maximum atomic E-state index is 5.33. The Morgan fingerprint density at radius 3 is 2.86 bits per heavy atom. The van der Waals surface area contributed by atoms with E-state index in [0.29, 0.717) is 6.54 Å². The number of pyridine rings is 1. The van der Waals surface area contributed by atoms with E-state index in [2.05, 4.69) is 20.5 Å². The van der Waals surface area contributed by atoms with Gasteiger partial charge in [-0.25, -0.2) is 0 Å². The Labute approximate surface area is 123 Å². The summed E-state index contributed by atoms with van der Waals surface area (Å²) in [6.07, 6.45) is 5.40. The second-order valence-corrected chi connectivity index (χ2v) is 4.57. The van der Waals surface area contributed by atoms with Gasteiger partial charge in [-0.1, -0.05) is 12.1 Å². The molecule has 0 atom stereocenters. The van der Waals surface area contributed by atoms with Gasteiger partial charge in [0.05, 0.1) is 24.7 Å². The Kier molecular flexibility index (Phi) is 3.82. The topological polar surface area (TPSA) is 62.8 Å². The minimum Gasteiger partial charge on any atom is -0.495 e. The third-order valence-electron chi connectivity index (χ3n) is 3.24. The maximum Gasteiger partial charge on any atom is 0.141 e. The lowest BCUT2D eigenvalue weighted by molar-refractivity contribution is 0.416. The highest BCUT2D eigenvalue weighted by Crippen LogP contribution is 2.25. The van der Waals surface area contributed by atoms with Crippen molar-refractivity contribution in [2.45, 2.75) is 6.54 Å². The third-order valence-corrected chi connectivity index (χ3v) is 3.24. The summed E-state index contributed by atoms with van der Waals surface area (Å²) in [6, 6.07) is 11.8. The van der Waals surface area contributed by atoms with Crippen molar-refractivity contribution in [3.8, 4) is 17.0 Å². The number of hydrogen-bond donors (Lipinski definition) is 2. The fraction of sp³-hybridized carbons (Fsp3) is 0.125. The van der Waals surface area contributed by atoms with E-state index < -0.39 is 0 Å². The first-order valence-corrected chi connectivity index (χ1v) is 6.68. The van der Waals surface area contributed by atoms with Crippen molar-refractivity contribution in [1.29, 1.82) is 0 Å². The van der Waals surface area contributed by atoms with Crippen LogP contribution in [0.25, 0.3) is 11.3 Å². The number of benzene rings is 1. The average molecular weight is 280 g/mol. The molecule has 2 N–H and O–H groups in total. The molecule has 0 saturated carbocycles. The molecule has 0 fully saturated rings. The molecule has 2 heterocycles. The first-order valence-electron chi connectivity index (χ1n) is 6.68. The monoisotopic (exact) mass is 280 g/mol. The van der Waals surface area contributed by atoms with E-state index in [0.717, 1.165) is 28.3 Å². The second-order valence-electron chi connectivity index (χ2n) is 4.57. The molecule has 1 aromatic carbocycles. The number of para-hydroxylation sites is 2. The zero-order valence-electron chi connectivity index (χ0n) is 11.7. The average Bonchev–Trinajstić information content (AvgIpc) is 3.02. The van der Waals surface area contributed by atoms with Crippen LogP contribution in [0.3, 0.4) is 0 Å². The fourth-order valence-corrected chi connectivity index (χ4v) is 2.19. The largest absolute Gasteiger partial charge is 0.495 e. The van der Waals surface area contributed by atoms with E-state index in [1.807, 2.05) is 48.8 Å². The molecule has 0 aliphatic heterocycles. The van der Waals surface area contributed by atoms with Crippen molar-refractivity contribution in [2.24, 2.45) is 0 Å². The number of H-pyrrole nitrogens is 1. The second kappa shape index (κ2) is 6.09. The van der Waals surface area contributed by atoms with Crippen LogP contribution < -0.4 is 10.1 Å². The van der Waals surface area contributed by atoms with Gasteiger partial charge in [0, 0.05) is 30.1 Å². The van der Waals surface area contributed by atoms with Crippen molar-refractivity contribution in [3.63, 3.8) is 0 Å². The highest BCUT2D eigenvalue weighted by molar-refractivity contribution is 5.63. The molecule has 3 rings (SSSR count). The Balaban J connectivity index is 1.79. The van der Waals surface area contributed by atoms with Gasteiger partial charge < -0.3 is 10.1 Å². The van der Waals surface area contributed by atoms with E-state index in [1.165, 1.54) is 0 Å². The van der Waals surface area contributed by atoms with E-state index in [4.69, 9.17) is 4.74 Å².